The van der Waals surface area contributed by atoms with E-state index in [1.807, 2.05) is 0 Å². The summed E-state index contributed by atoms with van der Waals surface area (Å²) in [6.45, 7) is 1.75. The van der Waals surface area contributed by atoms with Gasteiger partial charge in [0, 0.05) is 6.20 Å². The van der Waals surface area contributed by atoms with Crippen molar-refractivity contribution in [2.24, 2.45) is 0 Å². The fourth-order valence-corrected chi connectivity index (χ4v) is 2.20. The summed E-state index contributed by atoms with van der Waals surface area (Å²) in [5.74, 6) is -1.91. The van der Waals surface area contributed by atoms with Crippen molar-refractivity contribution >= 4 is 17.8 Å². The van der Waals surface area contributed by atoms with Gasteiger partial charge in [-0.2, -0.15) is 5.10 Å². The minimum atomic E-state index is -1.06. The molecule has 0 aliphatic heterocycles. The van der Waals surface area contributed by atoms with Crippen LogP contribution in [0.15, 0.2) is 42.9 Å². The standard InChI is InChI=1S/C16H15FN6O3/c1-10(15(25)26)23-6-5-13(20-23)14(24)19-16-18-9-22(21-16)8-11-3-2-4-12(17)7-11/h2-7,9-10H,8H2,1H3,(H,25,26)(H,19,21,24). The molecule has 0 fully saturated rings. The molecular formula is C16H15FN6O3. The quantitative estimate of drug-likeness (QED) is 0.691. The number of nitrogens with zero attached hydrogens (tertiary/aromatic N) is 5. The van der Waals surface area contributed by atoms with Gasteiger partial charge in [0.05, 0.1) is 6.54 Å². The van der Waals surface area contributed by atoms with Gasteiger partial charge in [-0.25, -0.2) is 18.9 Å². The minimum Gasteiger partial charge on any atom is -0.480 e. The van der Waals surface area contributed by atoms with E-state index in [9.17, 15) is 14.0 Å². The number of hydrogen-bond donors (Lipinski definition) is 2. The van der Waals surface area contributed by atoms with E-state index >= 15 is 0 Å². The molecule has 3 rings (SSSR count). The van der Waals surface area contributed by atoms with Crippen LogP contribution in [-0.4, -0.2) is 41.5 Å². The van der Waals surface area contributed by atoms with Crippen molar-refractivity contribution < 1.29 is 19.1 Å². The molecule has 0 aliphatic rings. The highest BCUT2D eigenvalue weighted by Gasteiger charge is 2.17. The number of carboxylic acid groups (broad SMARTS) is 1. The lowest BCUT2D eigenvalue weighted by atomic mass is 10.2. The third kappa shape index (κ3) is 3.91. The second-order valence-corrected chi connectivity index (χ2v) is 5.55. The first-order valence-electron chi connectivity index (χ1n) is 7.65. The number of benzene rings is 1. The molecule has 0 radical (unpaired) electrons. The molecule has 1 unspecified atom stereocenters. The van der Waals surface area contributed by atoms with Gasteiger partial charge in [0.15, 0.2) is 5.69 Å². The van der Waals surface area contributed by atoms with Crippen LogP contribution in [0, 0.1) is 5.82 Å². The summed E-state index contributed by atoms with van der Waals surface area (Å²) in [6, 6.07) is 6.59. The van der Waals surface area contributed by atoms with Crippen molar-refractivity contribution in [1.82, 2.24) is 24.5 Å². The molecule has 0 aliphatic carbocycles. The van der Waals surface area contributed by atoms with E-state index in [0.717, 1.165) is 0 Å². The highest BCUT2D eigenvalue weighted by atomic mass is 19.1. The van der Waals surface area contributed by atoms with Gasteiger partial charge >= 0.3 is 5.97 Å². The largest absolute Gasteiger partial charge is 0.480 e. The number of carbonyl (C=O) groups is 2. The Morgan fingerprint density at radius 1 is 1.31 bits per heavy atom. The molecule has 0 spiro atoms. The van der Waals surface area contributed by atoms with Crippen LogP contribution >= 0.6 is 0 Å². The summed E-state index contributed by atoms with van der Waals surface area (Å²) in [6.07, 6.45) is 2.81. The van der Waals surface area contributed by atoms with Crippen LogP contribution in [-0.2, 0) is 11.3 Å². The molecule has 1 amide bonds. The molecule has 2 aromatic heterocycles. The van der Waals surface area contributed by atoms with E-state index in [2.05, 4.69) is 20.5 Å². The first-order valence-corrected chi connectivity index (χ1v) is 7.65. The average Bonchev–Trinajstić information content (AvgIpc) is 3.24. The number of nitrogens with one attached hydrogen (secondary N) is 1. The second-order valence-electron chi connectivity index (χ2n) is 5.55. The van der Waals surface area contributed by atoms with Crippen LogP contribution in [0.2, 0.25) is 0 Å². The van der Waals surface area contributed by atoms with Gasteiger partial charge in [0.1, 0.15) is 18.2 Å². The van der Waals surface area contributed by atoms with Gasteiger partial charge in [0.2, 0.25) is 5.95 Å². The molecule has 134 valence electrons. The maximum atomic E-state index is 13.2. The van der Waals surface area contributed by atoms with Crippen LogP contribution in [0.4, 0.5) is 10.3 Å². The van der Waals surface area contributed by atoms with Crippen molar-refractivity contribution in [3.05, 3.63) is 59.9 Å². The predicted octanol–water partition coefficient (Wildman–Crippen LogP) is 1.56. The Morgan fingerprint density at radius 3 is 2.85 bits per heavy atom. The zero-order valence-electron chi connectivity index (χ0n) is 13.7. The van der Waals surface area contributed by atoms with E-state index in [1.165, 1.54) is 47.0 Å². The van der Waals surface area contributed by atoms with Gasteiger partial charge in [-0.05, 0) is 30.7 Å². The molecule has 3 aromatic rings. The molecule has 0 saturated heterocycles. The lowest BCUT2D eigenvalue weighted by Crippen LogP contribution is -2.18. The number of carbonyl (C=O) groups excluding carboxylic acids is 1. The lowest BCUT2D eigenvalue weighted by Gasteiger charge is -2.05. The fourth-order valence-electron chi connectivity index (χ4n) is 2.20. The van der Waals surface area contributed by atoms with Crippen molar-refractivity contribution in [3.8, 4) is 0 Å². The first kappa shape index (κ1) is 17.3. The number of aliphatic carboxylic acids is 1. The summed E-state index contributed by atoms with van der Waals surface area (Å²) in [5.41, 5.74) is 0.744. The molecule has 0 saturated carbocycles. The predicted molar refractivity (Wildman–Crippen MR) is 88.1 cm³/mol. The monoisotopic (exact) mass is 358 g/mol. The van der Waals surface area contributed by atoms with E-state index in [4.69, 9.17) is 5.11 Å². The topological polar surface area (TPSA) is 115 Å². The molecular weight excluding hydrogens is 343 g/mol. The fraction of sp³-hybridized carbons (Fsp3) is 0.188. The number of hydrogen-bond acceptors (Lipinski definition) is 5. The van der Waals surface area contributed by atoms with Crippen molar-refractivity contribution in [2.75, 3.05) is 5.32 Å². The second kappa shape index (κ2) is 7.13. The average molecular weight is 358 g/mol. The smallest absolute Gasteiger partial charge is 0.328 e. The highest BCUT2D eigenvalue weighted by Crippen LogP contribution is 2.09. The Labute approximate surface area is 147 Å². The Hall–Kier alpha value is -3.56. The Morgan fingerprint density at radius 2 is 2.12 bits per heavy atom. The van der Waals surface area contributed by atoms with Gasteiger partial charge in [0.25, 0.3) is 5.91 Å². The maximum absolute atomic E-state index is 13.2. The summed E-state index contributed by atoms with van der Waals surface area (Å²) in [7, 11) is 0. The highest BCUT2D eigenvalue weighted by molar-refractivity contribution is 6.01. The van der Waals surface area contributed by atoms with E-state index in [1.54, 1.807) is 12.1 Å². The lowest BCUT2D eigenvalue weighted by molar-refractivity contribution is -0.140. The van der Waals surface area contributed by atoms with Crippen LogP contribution in [0.3, 0.4) is 0 Å². The van der Waals surface area contributed by atoms with Gasteiger partial charge < -0.3 is 5.11 Å². The Balaban J connectivity index is 1.65. The number of amides is 1. The Bertz CT molecular complexity index is 951. The molecule has 1 atom stereocenters. The Kier molecular flexibility index (Phi) is 4.74. The summed E-state index contributed by atoms with van der Waals surface area (Å²) in [4.78, 5) is 27.1. The van der Waals surface area contributed by atoms with Gasteiger partial charge in [-0.1, -0.05) is 12.1 Å². The first-order chi connectivity index (χ1) is 12.4. The van der Waals surface area contributed by atoms with Crippen molar-refractivity contribution in [3.63, 3.8) is 0 Å². The molecule has 10 heteroatoms. The van der Waals surface area contributed by atoms with E-state index < -0.39 is 17.9 Å². The third-order valence-corrected chi connectivity index (χ3v) is 3.59. The summed E-state index contributed by atoms with van der Waals surface area (Å²) in [5, 5.41) is 19.5. The van der Waals surface area contributed by atoms with Crippen molar-refractivity contribution in [2.45, 2.75) is 19.5 Å². The molecule has 26 heavy (non-hydrogen) atoms. The van der Waals surface area contributed by atoms with Crippen molar-refractivity contribution in [1.29, 1.82) is 0 Å². The number of rotatable bonds is 6. The number of carboxylic acids is 1. The third-order valence-electron chi connectivity index (χ3n) is 3.59. The number of anilines is 1. The van der Waals surface area contributed by atoms with Gasteiger partial charge in [-0.15, -0.1) is 5.10 Å². The zero-order chi connectivity index (χ0) is 18.7. The number of aromatic nitrogens is 5. The number of halogens is 1. The SMILES string of the molecule is CC(C(=O)O)n1ccc(C(=O)Nc2ncn(Cc3cccc(F)c3)n2)n1. The van der Waals surface area contributed by atoms with Crippen LogP contribution in [0.25, 0.3) is 0 Å². The molecule has 1 aromatic carbocycles. The summed E-state index contributed by atoms with van der Waals surface area (Å²) >= 11 is 0. The minimum absolute atomic E-state index is 0.0413. The normalized spacial score (nSPS) is 11.9. The molecule has 9 nitrogen and oxygen atoms in total. The van der Waals surface area contributed by atoms with E-state index in [0.29, 0.717) is 12.1 Å². The van der Waals surface area contributed by atoms with E-state index in [-0.39, 0.29) is 17.5 Å². The maximum Gasteiger partial charge on any atom is 0.328 e. The molecule has 0 bridgehead atoms. The molecule has 2 N–H and O–H groups in total. The van der Waals surface area contributed by atoms with Crippen LogP contribution < -0.4 is 5.32 Å². The van der Waals surface area contributed by atoms with Gasteiger partial charge in [-0.3, -0.25) is 14.8 Å². The molecule has 2 heterocycles. The van der Waals surface area contributed by atoms with Crippen LogP contribution in [0.1, 0.15) is 29.0 Å². The summed E-state index contributed by atoms with van der Waals surface area (Å²) < 4.78 is 15.8. The van der Waals surface area contributed by atoms with Crippen LogP contribution in [0.5, 0.6) is 0 Å². The zero-order valence-corrected chi connectivity index (χ0v) is 13.7.